The topological polar surface area (TPSA) is 33.0 Å². The predicted molar refractivity (Wildman–Crippen MR) is 86.5 cm³/mol. The van der Waals surface area contributed by atoms with Crippen LogP contribution >= 0.6 is 0 Å². The van der Waals surface area contributed by atoms with Crippen LogP contribution in [0, 0.1) is 11.3 Å². The smallest absolute Gasteiger partial charge is 0.128 e. The minimum Gasteiger partial charge on any atom is -0.457 e. The monoisotopic (exact) mass is 275 g/mol. The first-order chi connectivity index (χ1) is 10.3. The van der Waals surface area contributed by atoms with Crippen molar-refractivity contribution in [3.05, 3.63) is 72.3 Å². The fraction of sp³-hybridized carbons (Fsp3) is 0.105. The highest BCUT2D eigenvalue weighted by atomic mass is 16.5. The van der Waals surface area contributed by atoms with E-state index in [0.29, 0.717) is 5.56 Å². The van der Waals surface area contributed by atoms with Crippen molar-refractivity contribution in [2.45, 2.75) is 13.8 Å². The van der Waals surface area contributed by atoms with Gasteiger partial charge in [0.15, 0.2) is 0 Å². The highest BCUT2D eigenvalue weighted by Crippen LogP contribution is 2.25. The van der Waals surface area contributed by atoms with E-state index in [1.807, 2.05) is 44.2 Å². The summed E-state index contributed by atoms with van der Waals surface area (Å²) in [6, 6.07) is 23.3. The summed E-state index contributed by atoms with van der Waals surface area (Å²) in [5, 5.41) is 11.1. The fourth-order valence-corrected chi connectivity index (χ4v) is 1.96. The second-order valence-electron chi connectivity index (χ2n) is 4.25. The molecule has 0 aromatic heterocycles. The molecule has 0 radical (unpaired) electrons. The van der Waals surface area contributed by atoms with Crippen molar-refractivity contribution in [1.82, 2.24) is 0 Å². The van der Waals surface area contributed by atoms with Crippen molar-refractivity contribution >= 4 is 10.8 Å². The molecule has 2 heteroatoms. The molecule has 0 bridgehead atoms. The van der Waals surface area contributed by atoms with Gasteiger partial charge < -0.3 is 4.74 Å². The summed E-state index contributed by atoms with van der Waals surface area (Å²) in [5.41, 5.74) is 0.630. The first kappa shape index (κ1) is 14.6. The van der Waals surface area contributed by atoms with Gasteiger partial charge in [-0.2, -0.15) is 5.26 Å². The third kappa shape index (κ3) is 3.61. The highest BCUT2D eigenvalue weighted by molar-refractivity contribution is 5.83. The van der Waals surface area contributed by atoms with Gasteiger partial charge in [-0.3, -0.25) is 0 Å². The van der Waals surface area contributed by atoms with Gasteiger partial charge in [-0.05, 0) is 47.2 Å². The number of hydrogen-bond acceptors (Lipinski definition) is 2. The van der Waals surface area contributed by atoms with Crippen molar-refractivity contribution in [2.75, 3.05) is 0 Å². The average molecular weight is 275 g/mol. The highest BCUT2D eigenvalue weighted by Gasteiger charge is 1.99. The van der Waals surface area contributed by atoms with E-state index in [0.717, 1.165) is 16.9 Å². The van der Waals surface area contributed by atoms with Crippen molar-refractivity contribution in [3.8, 4) is 17.6 Å². The second-order valence-corrected chi connectivity index (χ2v) is 4.25. The third-order valence-electron chi connectivity index (χ3n) is 2.94. The Labute approximate surface area is 125 Å². The summed E-state index contributed by atoms with van der Waals surface area (Å²) in [4.78, 5) is 0. The Morgan fingerprint density at radius 2 is 1.38 bits per heavy atom. The SMILES string of the molecule is CC.N#Cc1ccc(Oc2ccc3ccccc3c2)cc1. The summed E-state index contributed by atoms with van der Waals surface area (Å²) >= 11 is 0. The van der Waals surface area contributed by atoms with Crippen LogP contribution < -0.4 is 4.74 Å². The normalized spacial score (nSPS) is 9.38. The van der Waals surface area contributed by atoms with Crippen LogP contribution in [0.2, 0.25) is 0 Å². The maximum Gasteiger partial charge on any atom is 0.128 e. The van der Waals surface area contributed by atoms with Gasteiger partial charge in [0.2, 0.25) is 0 Å². The Hall–Kier alpha value is -2.79. The second kappa shape index (κ2) is 7.12. The number of benzene rings is 3. The summed E-state index contributed by atoms with van der Waals surface area (Å²) in [5.74, 6) is 1.53. The van der Waals surface area contributed by atoms with Crippen molar-refractivity contribution < 1.29 is 4.74 Å². The molecule has 3 rings (SSSR count). The van der Waals surface area contributed by atoms with Crippen LogP contribution in [0.5, 0.6) is 11.5 Å². The Morgan fingerprint density at radius 3 is 2.05 bits per heavy atom. The summed E-state index contributed by atoms with van der Waals surface area (Å²) in [6.07, 6.45) is 0. The van der Waals surface area contributed by atoms with Gasteiger partial charge in [0, 0.05) is 0 Å². The van der Waals surface area contributed by atoms with Crippen LogP contribution in [0.3, 0.4) is 0 Å². The Balaban J connectivity index is 0.000000774. The number of fused-ring (bicyclic) bond motifs is 1. The maximum absolute atomic E-state index is 8.75. The summed E-state index contributed by atoms with van der Waals surface area (Å²) in [7, 11) is 0. The minimum absolute atomic E-state index is 0.630. The quantitative estimate of drug-likeness (QED) is 0.616. The lowest BCUT2D eigenvalue weighted by Gasteiger charge is -2.06. The zero-order valence-electron chi connectivity index (χ0n) is 12.2. The number of nitrogens with zero attached hydrogens (tertiary/aromatic N) is 1. The molecule has 0 atom stereocenters. The molecule has 21 heavy (non-hydrogen) atoms. The molecule has 104 valence electrons. The zero-order valence-corrected chi connectivity index (χ0v) is 12.2. The van der Waals surface area contributed by atoms with Gasteiger partial charge in [0.05, 0.1) is 11.6 Å². The van der Waals surface area contributed by atoms with E-state index < -0.39 is 0 Å². The van der Waals surface area contributed by atoms with E-state index in [1.54, 1.807) is 24.3 Å². The average Bonchev–Trinajstić information content (AvgIpc) is 2.57. The molecule has 0 aliphatic rings. The van der Waals surface area contributed by atoms with Crippen molar-refractivity contribution in [2.24, 2.45) is 0 Å². The van der Waals surface area contributed by atoms with Gasteiger partial charge in [0.1, 0.15) is 11.5 Å². The standard InChI is InChI=1S/C17H11NO.C2H6/c18-12-13-5-8-16(9-6-13)19-17-10-7-14-3-1-2-4-15(14)11-17;1-2/h1-11H;1-2H3. The Morgan fingerprint density at radius 1 is 0.762 bits per heavy atom. The molecule has 3 aromatic rings. The molecule has 0 fully saturated rings. The molecular weight excluding hydrogens is 258 g/mol. The van der Waals surface area contributed by atoms with E-state index in [9.17, 15) is 0 Å². The molecule has 0 aliphatic carbocycles. The van der Waals surface area contributed by atoms with E-state index in [1.165, 1.54) is 5.39 Å². The van der Waals surface area contributed by atoms with E-state index in [2.05, 4.69) is 18.2 Å². The molecule has 0 unspecified atom stereocenters. The Bertz CT molecular complexity index is 754. The van der Waals surface area contributed by atoms with Gasteiger partial charge in [-0.1, -0.05) is 44.2 Å². The van der Waals surface area contributed by atoms with Crippen LogP contribution in [0.4, 0.5) is 0 Å². The molecule has 0 N–H and O–H groups in total. The van der Waals surface area contributed by atoms with E-state index >= 15 is 0 Å². The van der Waals surface area contributed by atoms with Crippen LogP contribution in [0.1, 0.15) is 19.4 Å². The number of ether oxygens (including phenoxy) is 1. The third-order valence-corrected chi connectivity index (χ3v) is 2.94. The minimum atomic E-state index is 0.630. The Kier molecular flexibility index (Phi) is 4.95. The largest absolute Gasteiger partial charge is 0.457 e. The lowest BCUT2D eigenvalue weighted by molar-refractivity contribution is 0.483. The lowest BCUT2D eigenvalue weighted by Crippen LogP contribution is -1.84. The van der Waals surface area contributed by atoms with Crippen LogP contribution in [-0.2, 0) is 0 Å². The maximum atomic E-state index is 8.75. The molecular formula is C19H17NO. The molecule has 0 saturated heterocycles. The molecule has 0 heterocycles. The molecule has 0 spiro atoms. The number of nitriles is 1. The molecule has 2 nitrogen and oxygen atoms in total. The first-order valence-corrected chi connectivity index (χ1v) is 7.02. The van der Waals surface area contributed by atoms with E-state index in [4.69, 9.17) is 10.00 Å². The van der Waals surface area contributed by atoms with Crippen LogP contribution in [0.15, 0.2) is 66.7 Å². The van der Waals surface area contributed by atoms with E-state index in [-0.39, 0.29) is 0 Å². The van der Waals surface area contributed by atoms with Gasteiger partial charge >= 0.3 is 0 Å². The van der Waals surface area contributed by atoms with Gasteiger partial charge in [-0.15, -0.1) is 0 Å². The molecule has 0 amide bonds. The van der Waals surface area contributed by atoms with Gasteiger partial charge in [-0.25, -0.2) is 0 Å². The summed E-state index contributed by atoms with van der Waals surface area (Å²) < 4.78 is 5.78. The van der Waals surface area contributed by atoms with Gasteiger partial charge in [0.25, 0.3) is 0 Å². The number of hydrogen-bond donors (Lipinski definition) is 0. The predicted octanol–water partition coefficient (Wildman–Crippen LogP) is 5.53. The summed E-state index contributed by atoms with van der Waals surface area (Å²) in [6.45, 7) is 4.00. The molecule has 0 saturated carbocycles. The van der Waals surface area contributed by atoms with Crippen molar-refractivity contribution in [3.63, 3.8) is 0 Å². The van der Waals surface area contributed by atoms with Crippen LogP contribution in [-0.4, -0.2) is 0 Å². The first-order valence-electron chi connectivity index (χ1n) is 7.02. The van der Waals surface area contributed by atoms with Crippen molar-refractivity contribution in [1.29, 1.82) is 5.26 Å². The lowest BCUT2D eigenvalue weighted by atomic mass is 10.1. The number of rotatable bonds is 2. The zero-order chi connectivity index (χ0) is 15.1. The molecule has 0 aliphatic heterocycles. The fourth-order valence-electron chi connectivity index (χ4n) is 1.96. The molecule has 3 aromatic carbocycles. The van der Waals surface area contributed by atoms with Crippen LogP contribution in [0.25, 0.3) is 10.8 Å².